The van der Waals surface area contributed by atoms with Crippen LogP contribution in [0.2, 0.25) is 0 Å². The van der Waals surface area contributed by atoms with Gasteiger partial charge >= 0.3 is 5.97 Å². The van der Waals surface area contributed by atoms with Crippen molar-refractivity contribution in [1.29, 1.82) is 5.26 Å². The Morgan fingerprint density at radius 2 is 2.22 bits per heavy atom. The monoisotopic (exact) mass is 361 g/mol. The minimum atomic E-state index is -0.445. The van der Waals surface area contributed by atoms with Crippen molar-refractivity contribution in [3.8, 4) is 17.6 Å². The van der Waals surface area contributed by atoms with E-state index in [4.69, 9.17) is 19.5 Å². The highest BCUT2D eigenvalue weighted by Gasteiger charge is 2.13. The molecule has 0 atom stereocenters. The molecule has 0 aliphatic carbocycles. The predicted octanol–water partition coefficient (Wildman–Crippen LogP) is 2.11. The summed E-state index contributed by atoms with van der Waals surface area (Å²) in [5.74, 6) is 0.410. The number of carbonyl (C=O) groups is 1. The lowest BCUT2D eigenvalue weighted by Gasteiger charge is -2.12. The lowest BCUT2D eigenvalue weighted by atomic mass is 10.2. The number of halogens is 1. The van der Waals surface area contributed by atoms with E-state index in [0.29, 0.717) is 27.2 Å². The number of carbonyl (C=O) groups excluding carboxylic acids is 1. The maximum atomic E-state index is 11.2. The van der Waals surface area contributed by atoms with Crippen LogP contribution in [0.15, 0.2) is 12.1 Å². The van der Waals surface area contributed by atoms with E-state index in [9.17, 15) is 4.79 Å². The second kappa shape index (κ2) is 7.06. The van der Waals surface area contributed by atoms with Crippen molar-refractivity contribution in [3.05, 3.63) is 21.3 Å². The van der Waals surface area contributed by atoms with Crippen LogP contribution in [0, 0.1) is 14.9 Å². The first-order valence-corrected chi connectivity index (χ1v) is 6.26. The maximum absolute atomic E-state index is 11.2. The summed E-state index contributed by atoms with van der Waals surface area (Å²) >= 11 is 2.02. The third-order valence-corrected chi connectivity index (χ3v) is 2.80. The molecule has 6 heteroatoms. The van der Waals surface area contributed by atoms with Crippen molar-refractivity contribution >= 4 is 28.6 Å². The van der Waals surface area contributed by atoms with E-state index in [1.165, 1.54) is 7.11 Å². The van der Waals surface area contributed by atoms with Gasteiger partial charge in [0.25, 0.3) is 0 Å². The molecule has 1 rings (SSSR count). The number of nitrogens with zero attached hydrogens (tertiary/aromatic N) is 1. The van der Waals surface area contributed by atoms with Gasteiger partial charge in [0.05, 0.1) is 28.9 Å². The molecule has 0 aliphatic rings. The smallest absolute Gasteiger partial charge is 0.344 e. The summed E-state index contributed by atoms with van der Waals surface area (Å²) in [5.41, 5.74) is 0.472. The van der Waals surface area contributed by atoms with Gasteiger partial charge in [-0.2, -0.15) is 5.26 Å². The molecule has 5 nitrogen and oxygen atoms in total. The first-order chi connectivity index (χ1) is 8.62. The fraction of sp³-hybridized carbons (Fsp3) is 0.333. The highest BCUT2D eigenvalue weighted by molar-refractivity contribution is 14.1. The van der Waals surface area contributed by atoms with E-state index in [2.05, 4.69) is 0 Å². The largest absolute Gasteiger partial charge is 0.493 e. The second-order valence-corrected chi connectivity index (χ2v) is 4.36. The summed E-state index contributed by atoms with van der Waals surface area (Å²) < 4.78 is 15.9. The van der Waals surface area contributed by atoms with Crippen LogP contribution in [0.4, 0.5) is 0 Å². The van der Waals surface area contributed by atoms with Crippen molar-refractivity contribution in [2.24, 2.45) is 0 Å². The highest BCUT2D eigenvalue weighted by Crippen LogP contribution is 2.33. The van der Waals surface area contributed by atoms with Crippen LogP contribution in [0.3, 0.4) is 0 Å². The van der Waals surface area contributed by atoms with Crippen molar-refractivity contribution in [2.75, 3.05) is 20.3 Å². The zero-order valence-corrected chi connectivity index (χ0v) is 12.2. The van der Waals surface area contributed by atoms with E-state index in [1.54, 1.807) is 19.1 Å². The van der Waals surface area contributed by atoms with E-state index in [-0.39, 0.29) is 6.61 Å². The third-order valence-electron chi connectivity index (χ3n) is 2.00. The molecule has 1 aromatic rings. The minimum absolute atomic E-state index is 0.188. The SMILES string of the molecule is CCOC(=O)COc1c(I)cc(C#N)cc1OC. The van der Waals surface area contributed by atoms with Crippen LogP contribution >= 0.6 is 22.6 Å². The van der Waals surface area contributed by atoms with Crippen LogP contribution in [0.1, 0.15) is 12.5 Å². The molecule has 96 valence electrons. The van der Waals surface area contributed by atoms with Gasteiger partial charge in [-0.15, -0.1) is 0 Å². The topological polar surface area (TPSA) is 68.5 Å². The normalized spacial score (nSPS) is 9.44. The average molecular weight is 361 g/mol. The molecule has 0 bridgehead atoms. The van der Waals surface area contributed by atoms with Gasteiger partial charge in [0.1, 0.15) is 0 Å². The van der Waals surface area contributed by atoms with E-state index in [1.807, 2.05) is 28.7 Å². The third kappa shape index (κ3) is 3.77. The Balaban J connectivity index is 2.88. The zero-order valence-electron chi connectivity index (χ0n) is 10.0. The number of ether oxygens (including phenoxy) is 3. The van der Waals surface area contributed by atoms with Gasteiger partial charge in [0.2, 0.25) is 0 Å². The van der Waals surface area contributed by atoms with Crippen molar-refractivity contribution < 1.29 is 19.0 Å². The van der Waals surface area contributed by atoms with Crippen LogP contribution in [-0.4, -0.2) is 26.3 Å². The Kier molecular flexibility index (Phi) is 5.71. The average Bonchev–Trinajstić information content (AvgIpc) is 2.36. The molecule has 0 spiro atoms. The fourth-order valence-corrected chi connectivity index (χ4v) is 2.02. The first kappa shape index (κ1) is 14.6. The van der Waals surface area contributed by atoms with Crippen LogP contribution < -0.4 is 9.47 Å². The molecule has 0 heterocycles. The molecule has 18 heavy (non-hydrogen) atoms. The standard InChI is InChI=1S/C12H12INO4/c1-3-17-11(15)7-18-12-9(13)4-8(6-14)5-10(12)16-2/h4-5H,3,7H2,1-2H3. The lowest BCUT2D eigenvalue weighted by Crippen LogP contribution is -2.15. The summed E-state index contributed by atoms with van der Waals surface area (Å²) in [4.78, 5) is 11.2. The molecule has 0 aliphatic heterocycles. The Labute approximate surface area is 119 Å². The van der Waals surface area contributed by atoms with Gasteiger partial charge in [-0.25, -0.2) is 4.79 Å². The molecule has 0 fully saturated rings. The number of hydrogen-bond donors (Lipinski definition) is 0. The second-order valence-electron chi connectivity index (χ2n) is 3.19. The number of hydrogen-bond acceptors (Lipinski definition) is 5. The number of benzene rings is 1. The molecule has 0 saturated heterocycles. The Morgan fingerprint density at radius 1 is 1.50 bits per heavy atom. The summed E-state index contributed by atoms with van der Waals surface area (Å²) in [7, 11) is 1.48. The van der Waals surface area contributed by atoms with Crippen molar-refractivity contribution in [1.82, 2.24) is 0 Å². The summed E-state index contributed by atoms with van der Waals surface area (Å²) in [6.45, 7) is 1.85. The molecule has 0 saturated carbocycles. The summed E-state index contributed by atoms with van der Waals surface area (Å²) in [6, 6.07) is 5.24. The highest BCUT2D eigenvalue weighted by atomic mass is 127. The molecular weight excluding hydrogens is 349 g/mol. The minimum Gasteiger partial charge on any atom is -0.493 e. The van der Waals surface area contributed by atoms with E-state index in [0.717, 1.165) is 0 Å². The number of rotatable bonds is 5. The molecule has 0 amide bonds. The summed E-state index contributed by atoms with van der Waals surface area (Å²) in [5, 5.41) is 8.84. The number of methoxy groups -OCH3 is 1. The fourth-order valence-electron chi connectivity index (χ4n) is 1.26. The van der Waals surface area contributed by atoms with Crippen LogP contribution in [-0.2, 0) is 9.53 Å². The van der Waals surface area contributed by atoms with Crippen molar-refractivity contribution in [3.63, 3.8) is 0 Å². The Bertz CT molecular complexity index is 482. The molecule has 0 N–H and O–H groups in total. The number of nitriles is 1. The Morgan fingerprint density at radius 3 is 2.78 bits per heavy atom. The van der Waals surface area contributed by atoms with Crippen LogP contribution in [0.25, 0.3) is 0 Å². The van der Waals surface area contributed by atoms with Crippen LogP contribution in [0.5, 0.6) is 11.5 Å². The van der Waals surface area contributed by atoms with Gasteiger partial charge in [-0.05, 0) is 35.6 Å². The van der Waals surface area contributed by atoms with Gasteiger partial charge in [-0.1, -0.05) is 0 Å². The molecular formula is C12H12INO4. The summed E-state index contributed by atoms with van der Waals surface area (Å²) in [6.07, 6.45) is 0. The van der Waals surface area contributed by atoms with Gasteiger partial charge in [-0.3, -0.25) is 0 Å². The first-order valence-electron chi connectivity index (χ1n) is 5.18. The van der Waals surface area contributed by atoms with Gasteiger partial charge < -0.3 is 14.2 Å². The van der Waals surface area contributed by atoms with E-state index >= 15 is 0 Å². The quantitative estimate of drug-likeness (QED) is 0.594. The predicted molar refractivity (Wildman–Crippen MR) is 72.6 cm³/mol. The molecule has 0 aromatic heterocycles. The van der Waals surface area contributed by atoms with Gasteiger partial charge in [0, 0.05) is 6.07 Å². The number of esters is 1. The molecule has 0 radical (unpaired) electrons. The Hall–Kier alpha value is -1.49. The zero-order chi connectivity index (χ0) is 13.5. The molecule has 1 aromatic carbocycles. The lowest BCUT2D eigenvalue weighted by molar-refractivity contribution is -0.145. The maximum Gasteiger partial charge on any atom is 0.344 e. The van der Waals surface area contributed by atoms with Crippen molar-refractivity contribution in [2.45, 2.75) is 6.92 Å². The van der Waals surface area contributed by atoms with Gasteiger partial charge in [0.15, 0.2) is 18.1 Å². The van der Waals surface area contributed by atoms with E-state index < -0.39 is 5.97 Å². The molecule has 0 unspecified atom stereocenters.